The molecule has 0 bridgehead atoms. The number of nitrogens with one attached hydrogen (secondary N) is 1. The van der Waals surface area contributed by atoms with Crippen LogP contribution in [0.15, 0.2) is 42.0 Å². The lowest BCUT2D eigenvalue weighted by Crippen LogP contribution is -2.54. The number of rotatable bonds is 3. The van der Waals surface area contributed by atoms with E-state index in [4.69, 9.17) is 10.1 Å². The molecule has 0 aliphatic heterocycles. The van der Waals surface area contributed by atoms with Crippen molar-refractivity contribution in [1.82, 2.24) is 0 Å². The van der Waals surface area contributed by atoms with E-state index in [2.05, 4.69) is 12.1 Å². The lowest BCUT2D eigenvalue weighted by Gasteiger charge is -2.47. The molecule has 2 aliphatic carbocycles. The summed E-state index contributed by atoms with van der Waals surface area (Å²) >= 11 is 0. The van der Waals surface area contributed by atoms with E-state index in [0.717, 1.165) is 30.4 Å². The van der Waals surface area contributed by atoms with Crippen LogP contribution < -0.4 is 0 Å². The van der Waals surface area contributed by atoms with Gasteiger partial charge in [0.2, 0.25) is 5.41 Å². The SMILES string of the molecule is CCOC(=O)[C@@]1(C#N)C(=N)[C@H](C#N)C2=CCCC[C@H]2[C@H]1c1ccccc1. The second-order valence-electron chi connectivity index (χ2n) is 6.75. The van der Waals surface area contributed by atoms with Crippen molar-refractivity contribution in [2.45, 2.75) is 32.1 Å². The quantitative estimate of drug-likeness (QED) is 0.665. The molecule has 5 nitrogen and oxygen atoms in total. The Morgan fingerprint density at radius 1 is 1.35 bits per heavy atom. The van der Waals surface area contributed by atoms with Crippen LogP contribution >= 0.6 is 0 Å². The van der Waals surface area contributed by atoms with Crippen LogP contribution in [-0.2, 0) is 9.53 Å². The first-order chi connectivity index (χ1) is 12.6. The van der Waals surface area contributed by atoms with Crippen molar-refractivity contribution in [1.29, 1.82) is 15.9 Å². The Morgan fingerprint density at radius 2 is 2.08 bits per heavy atom. The van der Waals surface area contributed by atoms with Gasteiger partial charge in [-0.2, -0.15) is 10.5 Å². The van der Waals surface area contributed by atoms with E-state index in [1.165, 1.54) is 0 Å². The molecule has 1 saturated carbocycles. The van der Waals surface area contributed by atoms with E-state index in [-0.39, 0.29) is 18.2 Å². The minimum Gasteiger partial charge on any atom is -0.464 e. The molecule has 5 heteroatoms. The number of hydrogen-bond donors (Lipinski definition) is 1. The van der Waals surface area contributed by atoms with Gasteiger partial charge in [0, 0.05) is 5.92 Å². The van der Waals surface area contributed by atoms with Gasteiger partial charge in [0.15, 0.2) is 0 Å². The van der Waals surface area contributed by atoms with Crippen LogP contribution in [0.4, 0.5) is 0 Å². The number of nitriles is 2. The largest absolute Gasteiger partial charge is 0.464 e. The maximum absolute atomic E-state index is 13.0. The number of benzene rings is 1. The summed E-state index contributed by atoms with van der Waals surface area (Å²) in [5.41, 5.74) is -0.204. The molecule has 0 radical (unpaired) electrons. The van der Waals surface area contributed by atoms with Crippen LogP contribution in [0.2, 0.25) is 0 Å². The van der Waals surface area contributed by atoms with E-state index in [1.807, 2.05) is 36.4 Å². The number of allylic oxidation sites excluding steroid dienone is 2. The summed E-state index contributed by atoms with van der Waals surface area (Å²) in [4.78, 5) is 13.0. The van der Waals surface area contributed by atoms with Crippen molar-refractivity contribution >= 4 is 11.7 Å². The highest BCUT2D eigenvalue weighted by atomic mass is 16.5. The van der Waals surface area contributed by atoms with E-state index >= 15 is 0 Å². The van der Waals surface area contributed by atoms with Gasteiger partial charge in [0.1, 0.15) is 5.92 Å². The smallest absolute Gasteiger partial charge is 0.333 e. The Hall–Kier alpha value is -2.92. The first-order valence-corrected chi connectivity index (χ1v) is 8.93. The normalized spacial score (nSPS) is 30.3. The van der Waals surface area contributed by atoms with Crippen molar-refractivity contribution in [3.8, 4) is 12.1 Å². The standard InChI is InChI=1S/C21H21N3O2/c1-2-26-20(25)21(13-23)18(14-8-4-3-5-9-14)16-11-7-6-10-15(16)17(12-22)19(21)24/h3-5,8-10,16-18,24H,2,6-7,11H2,1H3/t16-,17-,18-,21-/m1/s1. The molecule has 1 N–H and O–H groups in total. The van der Waals surface area contributed by atoms with Crippen molar-refractivity contribution in [2.24, 2.45) is 17.3 Å². The molecule has 1 aromatic rings. The molecule has 0 saturated heterocycles. The Labute approximate surface area is 153 Å². The van der Waals surface area contributed by atoms with Crippen molar-refractivity contribution in [2.75, 3.05) is 6.61 Å². The monoisotopic (exact) mass is 347 g/mol. The zero-order chi connectivity index (χ0) is 18.7. The number of nitrogens with zero attached hydrogens (tertiary/aromatic N) is 2. The van der Waals surface area contributed by atoms with Gasteiger partial charge >= 0.3 is 5.97 Å². The predicted octanol–water partition coefficient (Wildman–Crippen LogP) is 3.74. The Balaban J connectivity index is 2.27. The molecule has 132 valence electrons. The summed E-state index contributed by atoms with van der Waals surface area (Å²) in [5.74, 6) is -2.19. The second-order valence-corrected chi connectivity index (χ2v) is 6.75. The number of carbonyl (C=O) groups is 1. The lowest BCUT2D eigenvalue weighted by atomic mass is 9.52. The van der Waals surface area contributed by atoms with Crippen LogP contribution in [0.3, 0.4) is 0 Å². The van der Waals surface area contributed by atoms with E-state index in [9.17, 15) is 15.3 Å². The minimum absolute atomic E-state index is 0.117. The maximum Gasteiger partial charge on any atom is 0.333 e. The highest BCUT2D eigenvalue weighted by molar-refractivity contribution is 6.13. The molecule has 4 atom stereocenters. The van der Waals surface area contributed by atoms with Gasteiger partial charge in [-0.15, -0.1) is 0 Å². The van der Waals surface area contributed by atoms with Crippen LogP contribution in [0.1, 0.15) is 37.7 Å². The number of hydrogen-bond acceptors (Lipinski definition) is 5. The summed E-state index contributed by atoms with van der Waals surface area (Å²) in [6.07, 6.45) is 4.61. The maximum atomic E-state index is 13.0. The van der Waals surface area contributed by atoms with Crippen LogP contribution in [0.5, 0.6) is 0 Å². The average molecular weight is 347 g/mol. The summed E-state index contributed by atoms with van der Waals surface area (Å²) in [7, 11) is 0. The molecule has 0 heterocycles. The highest BCUT2D eigenvalue weighted by Gasteiger charge is 2.61. The first-order valence-electron chi connectivity index (χ1n) is 8.93. The second kappa shape index (κ2) is 7.14. The van der Waals surface area contributed by atoms with Crippen molar-refractivity contribution in [3.05, 3.63) is 47.5 Å². The molecule has 0 spiro atoms. The topological polar surface area (TPSA) is 97.7 Å². The van der Waals surface area contributed by atoms with Crippen molar-refractivity contribution in [3.63, 3.8) is 0 Å². The van der Waals surface area contributed by atoms with E-state index in [0.29, 0.717) is 0 Å². The zero-order valence-electron chi connectivity index (χ0n) is 14.7. The zero-order valence-corrected chi connectivity index (χ0v) is 14.7. The predicted molar refractivity (Wildman–Crippen MR) is 96.1 cm³/mol. The van der Waals surface area contributed by atoms with Gasteiger partial charge in [-0.3, -0.25) is 0 Å². The lowest BCUT2D eigenvalue weighted by molar-refractivity contribution is -0.150. The summed E-state index contributed by atoms with van der Waals surface area (Å²) < 4.78 is 5.24. The van der Waals surface area contributed by atoms with Gasteiger partial charge in [-0.25, -0.2) is 4.79 Å². The Morgan fingerprint density at radius 3 is 2.69 bits per heavy atom. The highest BCUT2D eigenvalue weighted by Crippen LogP contribution is 2.55. The fourth-order valence-electron chi connectivity index (χ4n) is 4.42. The van der Waals surface area contributed by atoms with Gasteiger partial charge < -0.3 is 10.1 Å². The first kappa shape index (κ1) is 17.9. The van der Waals surface area contributed by atoms with Gasteiger partial charge in [-0.1, -0.05) is 36.4 Å². The third-order valence-corrected chi connectivity index (χ3v) is 5.50. The number of ether oxygens (including phenoxy) is 1. The molecule has 3 rings (SSSR count). The Bertz CT molecular complexity index is 831. The van der Waals surface area contributed by atoms with Gasteiger partial charge in [-0.05, 0) is 43.2 Å². The third kappa shape index (κ3) is 2.52. The third-order valence-electron chi connectivity index (χ3n) is 5.50. The van der Waals surface area contributed by atoms with Crippen molar-refractivity contribution < 1.29 is 9.53 Å². The van der Waals surface area contributed by atoms with Crippen LogP contribution in [-0.4, -0.2) is 18.3 Å². The Kier molecular flexibility index (Phi) is 4.91. The van der Waals surface area contributed by atoms with E-state index in [1.54, 1.807) is 6.92 Å². The number of esters is 1. The average Bonchev–Trinajstić information content (AvgIpc) is 2.68. The molecule has 1 aromatic carbocycles. The summed E-state index contributed by atoms with van der Waals surface area (Å²) in [5, 5.41) is 28.5. The number of carbonyl (C=O) groups excluding carboxylic acids is 1. The molecule has 2 aliphatic rings. The van der Waals surface area contributed by atoms with Crippen LogP contribution in [0.25, 0.3) is 0 Å². The van der Waals surface area contributed by atoms with Crippen LogP contribution in [0, 0.1) is 45.3 Å². The molecule has 1 fully saturated rings. The molecular formula is C21H21N3O2. The molecule has 0 aromatic heterocycles. The fraction of sp³-hybridized carbons (Fsp3) is 0.429. The van der Waals surface area contributed by atoms with Gasteiger partial charge in [0.25, 0.3) is 0 Å². The van der Waals surface area contributed by atoms with E-state index < -0.39 is 23.2 Å². The molecular weight excluding hydrogens is 326 g/mol. The molecule has 26 heavy (non-hydrogen) atoms. The molecule has 0 amide bonds. The van der Waals surface area contributed by atoms with Gasteiger partial charge in [0.05, 0.1) is 24.5 Å². The number of fused-ring (bicyclic) bond motifs is 1. The fourth-order valence-corrected chi connectivity index (χ4v) is 4.42. The minimum atomic E-state index is -1.77. The summed E-state index contributed by atoms with van der Waals surface area (Å²) in [6, 6.07) is 13.7. The summed E-state index contributed by atoms with van der Waals surface area (Å²) in [6.45, 7) is 1.81. The molecule has 0 unspecified atom stereocenters.